The smallest absolute Gasteiger partial charge is 0.173 e. The Hall–Kier alpha value is -1.45. The van der Waals surface area contributed by atoms with Gasteiger partial charge in [-0.1, -0.05) is 48.5 Å². The van der Waals surface area contributed by atoms with Gasteiger partial charge in [-0.3, -0.25) is 0 Å². The molecular weight excluding hydrogens is 318 g/mol. The molecule has 2 aromatic heterocycles. The zero-order valence-corrected chi connectivity index (χ0v) is 12.9. The molecule has 1 aromatic carbocycles. The molecule has 0 radical (unpaired) electrons. The normalized spacial score (nSPS) is 8.84. The van der Waals surface area contributed by atoms with E-state index in [1.54, 1.807) is 11.3 Å². The van der Waals surface area contributed by atoms with Gasteiger partial charge in [0.25, 0.3) is 0 Å². The largest absolute Gasteiger partial charge is 1.00 e. The maximum atomic E-state index is 2.16. The summed E-state index contributed by atoms with van der Waals surface area (Å²) < 4.78 is 2.16. The van der Waals surface area contributed by atoms with Crippen LogP contribution in [0, 0.1) is 0 Å². The van der Waals surface area contributed by atoms with Gasteiger partial charge in [0.2, 0.25) is 0 Å². The Labute approximate surface area is 128 Å². The molecule has 3 aromatic rings. The molecule has 98 valence electrons. The standard InChI is InChI=1S/C12H12N.C4H4S.BrH/c1-3-7-12(8-4-1)11-13-9-5-2-6-10-13;1-2-4-5-3-1;/h1-10H,11H2;1-4H;1H/q+1;;/p-1. The lowest BCUT2D eigenvalue weighted by Gasteiger charge is -1.95. The van der Waals surface area contributed by atoms with E-state index in [-0.39, 0.29) is 17.0 Å². The second-order valence-corrected chi connectivity index (χ2v) is 4.64. The Morgan fingerprint density at radius 3 is 1.84 bits per heavy atom. The van der Waals surface area contributed by atoms with E-state index in [9.17, 15) is 0 Å². The minimum atomic E-state index is 0. The number of halogens is 1. The van der Waals surface area contributed by atoms with Crippen LogP contribution in [0.4, 0.5) is 0 Å². The first-order valence-corrected chi connectivity index (χ1v) is 6.84. The van der Waals surface area contributed by atoms with Crippen LogP contribution in [0.15, 0.2) is 83.8 Å². The molecule has 3 rings (SSSR count). The zero-order valence-electron chi connectivity index (χ0n) is 10.5. The van der Waals surface area contributed by atoms with Crippen LogP contribution in [0.1, 0.15) is 5.56 Å². The van der Waals surface area contributed by atoms with Crippen molar-refractivity contribution in [3.8, 4) is 0 Å². The number of benzene rings is 1. The van der Waals surface area contributed by atoms with E-state index >= 15 is 0 Å². The summed E-state index contributed by atoms with van der Waals surface area (Å²) in [6.45, 7) is 0.946. The molecule has 0 unspecified atom stereocenters. The predicted molar refractivity (Wildman–Crippen MR) is 76.5 cm³/mol. The van der Waals surface area contributed by atoms with E-state index < -0.39 is 0 Å². The zero-order chi connectivity index (χ0) is 12.5. The highest BCUT2D eigenvalue weighted by atomic mass is 79.9. The van der Waals surface area contributed by atoms with Gasteiger partial charge in [-0.25, -0.2) is 4.57 Å². The Bertz CT molecular complexity index is 468. The average molecular weight is 334 g/mol. The van der Waals surface area contributed by atoms with Crippen molar-refractivity contribution in [3.05, 3.63) is 89.4 Å². The topological polar surface area (TPSA) is 3.88 Å². The van der Waals surface area contributed by atoms with Crippen LogP contribution in [0.2, 0.25) is 0 Å². The average Bonchev–Trinajstić information content (AvgIpc) is 3.00. The summed E-state index contributed by atoms with van der Waals surface area (Å²) >= 11 is 1.71. The third-order valence-electron chi connectivity index (χ3n) is 2.41. The van der Waals surface area contributed by atoms with Crippen LogP contribution in [-0.4, -0.2) is 0 Å². The van der Waals surface area contributed by atoms with Gasteiger partial charge < -0.3 is 17.0 Å². The third kappa shape index (κ3) is 6.32. The molecule has 0 aliphatic heterocycles. The van der Waals surface area contributed by atoms with Crippen molar-refractivity contribution in [1.82, 2.24) is 0 Å². The minimum absolute atomic E-state index is 0. The summed E-state index contributed by atoms with van der Waals surface area (Å²) in [7, 11) is 0. The number of hydrogen-bond donors (Lipinski definition) is 0. The van der Waals surface area contributed by atoms with E-state index in [2.05, 4.69) is 41.2 Å². The van der Waals surface area contributed by atoms with Gasteiger partial charge in [-0.2, -0.15) is 11.3 Å². The first-order chi connectivity index (χ1) is 8.95. The van der Waals surface area contributed by atoms with E-state index in [0.29, 0.717) is 0 Å². The molecule has 0 aliphatic carbocycles. The Kier molecular flexibility index (Phi) is 7.78. The summed E-state index contributed by atoms with van der Waals surface area (Å²) in [6, 6.07) is 20.6. The quantitative estimate of drug-likeness (QED) is 0.610. The molecule has 0 fully saturated rings. The number of aromatic nitrogens is 1. The van der Waals surface area contributed by atoms with Crippen molar-refractivity contribution in [1.29, 1.82) is 0 Å². The lowest BCUT2D eigenvalue weighted by atomic mass is 10.2. The van der Waals surface area contributed by atoms with Crippen molar-refractivity contribution in [2.45, 2.75) is 6.54 Å². The van der Waals surface area contributed by atoms with Crippen LogP contribution < -0.4 is 21.5 Å². The second-order valence-electron chi connectivity index (χ2n) is 3.83. The van der Waals surface area contributed by atoms with Crippen LogP contribution in [-0.2, 0) is 6.54 Å². The number of thiophene rings is 1. The van der Waals surface area contributed by atoms with Gasteiger partial charge in [0, 0.05) is 17.7 Å². The predicted octanol–water partition coefficient (Wildman–Crippen LogP) is 0.775. The Morgan fingerprint density at radius 1 is 0.737 bits per heavy atom. The number of pyridine rings is 1. The molecular formula is C16H16BrNS. The number of hydrogen-bond acceptors (Lipinski definition) is 1. The minimum Gasteiger partial charge on any atom is -1.00 e. The fourth-order valence-corrected chi connectivity index (χ4v) is 2.01. The van der Waals surface area contributed by atoms with E-state index in [1.807, 2.05) is 47.2 Å². The molecule has 0 spiro atoms. The molecule has 19 heavy (non-hydrogen) atoms. The highest BCUT2D eigenvalue weighted by Crippen LogP contribution is 1.96. The van der Waals surface area contributed by atoms with Crippen molar-refractivity contribution in [2.24, 2.45) is 0 Å². The van der Waals surface area contributed by atoms with Crippen LogP contribution in [0.3, 0.4) is 0 Å². The monoisotopic (exact) mass is 333 g/mol. The molecule has 2 heterocycles. The van der Waals surface area contributed by atoms with Gasteiger partial charge in [-0.15, -0.1) is 0 Å². The second kappa shape index (κ2) is 9.48. The molecule has 0 atom stereocenters. The summed E-state index contributed by atoms with van der Waals surface area (Å²) in [5.41, 5.74) is 1.33. The van der Waals surface area contributed by atoms with Crippen molar-refractivity contribution in [2.75, 3.05) is 0 Å². The molecule has 1 nitrogen and oxygen atoms in total. The summed E-state index contributed by atoms with van der Waals surface area (Å²) in [5.74, 6) is 0. The van der Waals surface area contributed by atoms with Gasteiger partial charge in [0.15, 0.2) is 18.9 Å². The lowest BCUT2D eigenvalue weighted by molar-refractivity contribution is -0.688. The van der Waals surface area contributed by atoms with Gasteiger partial charge in [-0.05, 0) is 10.8 Å². The fourth-order valence-electron chi connectivity index (χ4n) is 1.56. The Balaban J connectivity index is 0.000000256. The van der Waals surface area contributed by atoms with Crippen LogP contribution in [0.25, 0.3) is 0 Å². The fraction of sp³-hybridized carbons (Fsp3) is 0.0625. The van der Waals surface area contributed by atoms with Crippen LogP contribution >= 0.6 is 11.3 Å². The van der Waals surface area contributed by atoms with E-state index in [4.69, 9.17) is 0 Å². The molecule has 0 aliphatic rings. The molecule has 0 saturated heterocycles. The van der Waals surface area contributed by atoms with Gasteiger partial charge in [0.1, 0.15) is 0 Å². The first-order valence-electron chi connectivity index (χ1n) is 5.90. The van der Waals surface area contributed by atoms with Crippen molar-refractivity contribution >= 4 is 11.3 Å². The van der Waals surface area contributed by atoms with Crippen molar-refractivity contribution in [3.63, 3.8) is 0 Å². The molecule has 0 saturated carbocycles. The highest BCUT2D eigenvalue weighted by molar-refractivity contribution is 7.07. The SMILES string of the molecule is [Br-].c1ccc(C[n+]2ccccc2)cc1.c1ccsc1. The number of rotatable bonds is 2. The van der Waals surface area contributed by atoms with E-state index in [1.165, 1.54) is 5.56 Å². The van der Waals surface area contributed by atoms with Gasteiger partial charge >= 0.3 is 0 Å². The van der Waals surface area contributed by atoms with Crippen LogP contribution in [0.5, 0.6) is 0 Å². The van der Waals surface area contributed by atoms with E-state index in [0.717, 1.165) is 6.54 Å². The van der Waals surface area contributed by atoms with Crippen molar-refractivity contribution < 1.29 is 21.5 Å². The molecule has 3 heteroatoms. The summed E-state index contributed by atoms with van der Waals surface area (Å²) in [6.07, 6.45) is 4.15. The van der Waals surface area contributed by atoms with Gasteiger partial charge in [0.05, 0.1) is 0 Å². The highest BCUT2D eigenvalue weighted by Gasteiger charge is 1.98. The third-order valence-corrected chi connectivity index (χ3v) is 3.04. The number of nitrogens with zero attached hydrogens (tertiary/aromatic N) is 1. The molecule has 0 bridgehead atoms. The molecule has 0 amide bonds. The molecule has 0 N–H and O–H groups in total. The first kappa shape index (κ1) is 15.6. The summed E-state index contributed by atoms with van der Waals surface area (Å²) in [4.78, 5) is 0. The summed E-state index contributed by atoms with van der Waals surface area (Å²) in [5, 5.41) is 4.08. The lowest BCUT2D eigenvalue weighted by Crippen LogP contribution is -3.00. The Morgan fingerprint density at radius 2 is 1.32 bits per heavy atom. The maximum absolute atomic E-state index is 2.16. The maximum Gasteiger partial charge on any atom is 0.173 e.